The number of hydrogen-bond acceptors (Lipinski definition) is 6. The van der Waals surface area contributed by atoms with E-state index in [1.807, 2.05) is 55.5 Å². The lowest BCUT2D eigenvalue weighted by Crippen LogP contribution is -2.35. The van der Waals surface area contributed by atoms with Crippen molar-refractivity contribution in [2.75, 3.05) is 13.2 Å². The van der Waals surface area contributed by atoms with E-state index in [1.165, 1.54) is 36.0 Å². The van der Waals surface area contributed by atoms with Crippen molar-refractivity contribution in [3.05, 3.63) is 65.2 Å². The number of para-hydroxylation sites is 2. The molecular formula is C27H28N4O3S. The number of thioether (sulfide) groups is 1. The molecule has 35 heavy (non-hydrogen) atoms. The van der Waals surface area contributed by atoms with Crippen LogP contribution in [0.1, 0.15) is 43.2 Å². The first kappa shape index (κ1) is 23.4. The number of nitrogens with one attached hydrogen (secondary N) is 1. The Morgan fingerprint density at radius 2 is 1.71 bits per heavy atom. The maximum atomic E-state index is 12.8. The highest BCUT2D eigenvalue weighted by Gasteiger charge is 2.38. The number of aliphatic imine (C=N–C) groups is 1. The third kappa shape index (κ3) is 5.17. The van der Waals surface area contributed by atoms with Crippen LogP contribution in [0.4, 0.5) is 0 Å². The van der Waals surface area contributed by atoms with Gasteiger partial charge in [-0.25, -0.2) is 0 Å². The number of nitrogens with zero attached hydrogens (tertiary/aromatic N) is 3. The van der Waals surface area contributed by atoms with Crippen molar-refractivity contribution in [1.29, 1.82) is 5.41 Å². The summed E-state index contributed by atoms with van der Waals surface area (Å²) in [7, 11) is 0. The number of benzene rings is 2. The minimum absolute atomic E-state index is 0.0519. The van der Waals surface area contributed by atoms with Gasteiger partial charge in [-0.05, 0) is 55.3 Å². The van der Waals surface area contributed by atoms with Crippen LogP contribution in [0.25, 0.3) is 6.08 Å². The van der Waals surface area contributed by atoms with Crippen molar-refractivity contribution < 1.29 is 14.3 Å². The second kappa shape index (κ2) is 10.5. The molecule has 180 valence electrons. The first-order valence-electron chi connectivity index (χ1n) is 12.0. The number of aryl methyl sites for hydroxylation is 1. The lowest BCUT2D eigenvalue weighted by Gasteiger charge is -2.20. The summed E-state index contributed by atoms with van der Waals surface area (Å²) >= 11 is 1.43. The Morgan fingerprint density at radius 3 is 2.49 bits per heavy atom. The van der Waals surface area contributed by atoms with Gasteiger partial charge in [-0.1, -0.05) is 55.7 Å². The summed E-state index contributed by atoms with van der Waals surface area (Å²) in [6, 6.07) is 15.3. The standard InChI is InChI=1S/C27H28N4O3S/c1-18-9-5-7-13-22(18)33-15-16-34-23-14-8-6-12-20(23)17-21-24(28)31-27(29-25(21)32)35-26(30-31)19-10-3-2-4-11-19/h5-9,12-14,17,19,28H,2-4,10-11,15-16H2,1H3/b21-17-,28-24?. The number of carbonyl (C=O) groups excluding carboxylic acids is 1. The maximum Gasteiger partial charge on any atom is 0.283 e. The van der Waals surface area contributed by atoms with Gasteiger partial charge >= 0.3 is 0 Å². The molecule has 8 heteroatoms. The Balaban J connectivity index is 1.29. The second-order valence-corrected chi connectivity index (χ2v) is 9.78. The average Bonchev–Trinajstić information content (AvgIpc) is 3.31. The number of carbonyl (C=O) groups is 1. The zero-order valence-corrected chi connectivity index (χ0v) is 20.5. The minimum atomic E-state index is -0.425. The number of hydrazone groups is 1. The molecule has 0 atom stereocenters. The molecule has 0 saturated heterocycles. The molecule has 2 heterocycles. The van der Waals surface area contributed by atoms with Gasteiger partial charge in [0.15, 0.2) is 5.84 Å². The monoisotopic (exact) mass is 488 g/mol. The van der Waals surface area contributed by atoms with Crippen LogP contribution in [0.15, 0.2) is 64.2 Å². The van der Waals surface area contributed by atoms with Gasteiger partial charge < -0.3 is 9.47 Å². The number of amidine groups is 2. The van der Waals surface area contributed by atoms with E-state index in [1.54, 1.807) is 6.08 Å². The van der Waals surface area contributed by atoms with Crippen LogP contribution >= 0.6 is 11.8 Å². The van der Waals surface area contributed by atoms with Gasteiger partial charge in [-0.2, -0.15) is 15.1 Å². The number of rotatable bonds is 7. The SMILES string of the molecule is Cc1ccccc1OCCOc1ccccc1/C=C1/C(=N)N2N=C(C3CCCCC3)SC2=NC1=O. The molecule has 1 saturated carbocycles. The Bertz CT molecular complexity index is 1230. The van der Waals surface area contributed by atoms with Gasteiger partial charge in [0.25, 0.3) is 5.91 Å². The zero-order chi connectivity index (χ0) is 24.2. The van der Waals surface area contributed by atoms with E-state index in [9.17, 15) is 4.79 Å². The van der Waals surface area contributed by atoms with Crippen LogP contribution in [0.3, 0.4) is 0 Å². The summed E-state index contributed by atoms with van der Waals surface area (Å²) < 4.78 is 11.8. The minimum Gasteiger partial charge on any atom is -0.490 e. The normalized spacial score (nSPS) is 19.5. The molecule has 7 nitrogen and oxygen atoms in total. The van der Waals surface area contributed by atoms with Gasteiger partial charge in [-0.15, -0.1) is 0 Å². The third-order valence-corrected chi connectivity index (χ3v) is 7.41. The molecule has 1 fully saturated rings. The molecule has 0 unspecified atom stereocenters. The summed E-state index contributed by atoms with van der Waals surface area (Å²) in [5, 5.41) is 16.3. The summed E-state index contributed by atoms with van der Waals surface area (Å²) in [6.45, 7) is 2.74. The van der Waals surface area contributed by atoms with Gasteiger partial charge in [0, 0.05) is 11.5 Å². The van der Waals surface area contributed by atoms with Gasteiger partial charge in [0.1, 0.15) is 29.8 Å². The van der Waals surface area contributed by atoms with Gasteiger partial charge in [0.2, 0.25) is 5.17 Å². The maximum absolute atomic E-state index is 12.8. The molecule has 1 aliphatic carbocycles. The van der Waals surface area contributed by atoms with Crippen LogP contribution < -0.4 is 9.47 Å². The molecule has 2 aromatic carbocycles. The fourth-order valence-electron chi connectivity index (χ4n) is 4.43. The molecular weight excluding hydrogens is 460 g/mol. The summed E-state index contributed by atoms with van der Waals surface area (Å²) in [6.07, 6.45) is 7.54. The van der Waals surface area contributed by atoms with E-state index >= 15 is 0 Å². The van der Waals surface area contributed by atoms with Crippen molar-refractivity contribution in [2.24, 2.45) is 16.0 Å². The lowest BCUT2D eigenvalue weighted by molar-refractivity contribution is -0.114. The molecule has 0 spiro atoms. The predicted molar refractivity (Wildman–Crippen MR) is 140 cm³/mol. The van der Waals surface area contributed by atoms with Crippen molar-refractivity contribution in [1.82, 2.24) is 5.01 Å². The Labute approximate surface area is 209 Å². The van der Waals surface area contributed by atoms with Gasteiger partial charge in [0.05, 0.1) is 5.57 Å². The Morgan fingerprint density at radius 1 is 1.03 bits per heavy atom. The molecule has 0 aromatic heterocycles. The van der Waals surface area contributed by atoms with Crippen molar-refractivity contribution in [2.45, 2.75) is 39.0 Å². The molecule has 3 aliphatic rings. The first-order valence-corrected chi connectivity index (χ1v) is 12.8. The zero-order valence-electron chi connectivity index (χ0n) is 19.7. The fraction of sp³-hybridized carbons (Fsp3) is 0.333. The van der Waals surface area contributed by atoms with Gasteiger partial charge in [-0.3, -0.25) is 10.2 Å². The van der Waals surface area contributed by atoms with Crippen LogP contribution in [-0.2, 0) is 4.79 Å². The summed E-state index contributed by atoms with van der Waals surface area (Å²) in [4.78, 5) is 17.1. The lowest BCUT2D eigenvalue weighted by atomic mass is 9.90. The van der Waals surface area contributed by atoms with Crippen molar-refractivity contribution in [3.8, 4) is 11.5 Å². The Kier molecular flexibility index (Phi) is 6.99. The predicted octanol–water partition coefficient (Wildman–Crippen LogP) is 5.65. The number of ether oxygens (including phenoxy) is 2. The van der Waals surface area contributed by atoms with E-state index in [0.717, 1.165) is 29.2 Å². The number of hydrogen-bond donors (Lipinski definition) is 1. The van der Waals surface area contributed by atoms with E-state index in [-0.39, 0.29) is 11.4 Å². The summed E-state index contributed by atoms with van der Waals surface area (Å²) in [5.41, 5.74) is 1.98. The first-order chi connectivity index (χ1) is 17.1. The molecule has 5 rings (SSSR count). The molecule has 0 bridgehead atoms. The quantitative estimate of drug-likeness (QED) is 0.402. The fourth-order valence-corrected chi connectivity index (χ4v) is 5.49. The smallest absolute Gasteiger partial charge is 0.283 e. The van der Waals surface area contributed by atoms with Crippen LogP contribution in [-0.4, -0.2) is 40.2 Å². The summed E-state index contributed by atoms with van der Waals surface area (Å²) in [5.74, 6) is 1.47. The van der Waals surface area contributed by atoms with Crippen molar-refractivity contribution in [3.63, 3.8) is 0 Å². The van der Waals surface area contributed by atoms with Crippen molar-refractivity contribution >= 4 is 39.8 Å². The third-order valence-electron chi connectivity index (χ3n) is 6.34. The molecule has 0 radical (unpaired) electrons. The van der Waals surface area contributed by atoms with E-state index in [2.05, 4.69) is 10.1 Å². The van der Waals surface area contributed by atoms with E-state index in [0.29, 0.717) is 35.6 Å². The van der Waals surface area contributed by atoms with Crippen LogP contribution in [0, 0.1) is 18.3 Å². The highest BCUT2D eigenvalue weighted by molar-refractivity contribution is 8.27. The molecule has 2 aromatic rings. The second-order valence-electron chi connectivity index (χ2n) is 8.79. The highest BCUT2D eigenvalue weighted by Crippen LogP contribution is 2.36. The van der Waals surface area contributed by atoms with Crippen LogP contribution in [0.5, 0.6) is 11.5 Å². The molecule has 1 N–H and O–H groups in total. The van der Waals surface area contributed by atoms with Crippen LogP contribution in [0.2, 0.25) is 0 Å². The number of fused-ring (bicyclic) bond motifs is 1. The average molecular weight is 489 g/mol. The largest absolute Gasteiger partial charge is 0.490 e. The Hall–Kier alpha value is -3.39. The highest BCUT2D eigenvalue weighted by atomic mass is 32.2. The van der Waals surface area contributed by atoms with E-state index in [4.69, 9.17) is 14.9 Å². The topological polar surface area (TPSA) is 87.3 Å². The number of amides is 1. The molecule has 1 amide bonds. The van der Waals surface area contributed by atoms with E-state index < -0.39 is 5.91 Å². The molecule has 2 aliphatic heterocycles.